The normalized spacial score (nSPS) is 11.5. The molecule has 0 aliphatic rings. The number of hydrogen-bond acceptors (Lipinski definition) is 4. The van der Waals surface area contributed by atoms with Crippen molar-refractivity contribution in [3.63, 3.8) is 0 Å². The van der Waals surface area contributed by atoms with Crippen LogP contribution in [0.25, 0.3) is 66.4 Å². The molecule has 6 heteroatoms. The maximum Gasteiger partial charge on any atom is 0.104 e. The van der Waals surface area contributed by atoms with Crippen molar-refractivity contribution in [1.29, 1.82) is 5.26 Å². The second-order valence-electron chi connectivity index (χ2n) is 9.69. The van der Waals surface area contributed by atoms with E-state index in [-0.39, 0.29) is 0 Å². The number of benzene rings is 3. The van der Waals surface area contributed by atoms with Gasteiger partial charge in [-0.3, -0.25) is 15.0 Å². The standard InChI is InChI=1S/C34H20N6/c35-20-26-31(39-27-11-3-1-9-24(27)33-29(39)13-6-16-37-33)18-23(22-8-5-15-36-21-22)19-32(26)40-28-12-4-2-10-25(28)34-30(40)14-7-17-38-34/h1-19,21H. The van der Waals surface area contributed by atoms with Crippen molar-refractivity contribution in [2.75, 3.05) is 0 Å². The fourth-order valence-electron chi connectivity index (χ4n) is 5.87. The van der Waals surface area contributed by atoms with E-state index in [1.807, 2.05) is 67.1 Å². The fourth-order valence-corrected chi connectivity index (χ4v) is 5.87. The average Bonchev–Trinajstić information content (AvgIpc) is 3.54. The molecule has 6 nitrogen and oxygen atoms in total. The van der Waals surface area contributed by atoms with Gasteiger partial charge in [-0.25, -0.2) is 0 Å². The van der Waals surface area contributed by atoms with Gasteiger partial charge in [-0.15, -0.1) is 0 Å². The Labute approximate surface area is 229 Å². The Morgan fingerprint density at radius 1 is 0.550 bits per heavy atom. The Hall–Kier alpha value is -5.80. The largest absolute Gasteiger partial charge is 0.306 e. The number of para-hydroxylation sites is 2. The molecule has 0 radical (unpaired) electrons. The summed E-state index contributed by atoms with van der Waals surface area (Å²) < 4.78 is 4.32. The van der Waals surface area contributed by atoms with Crippen LogP contribution in [0.3, 0.4) is 0 Å². The first-order chi connectivity index (χ1) is 19.8. The Morgan fingerprint density at radius 2 is 1.07 bits per heavy atom. The predicted molar refractivity (Wildman–Crippen MR) is 159 cm³/mol. The fraction of sp³-hybridized carbons (Fsp3) is 0. The van der Waals surface area contributed by atoms with E-state index in [9.17, 15) is 5.26 Å². The van der Waals surface area contributed by atoms with Gasteiger partial charge in [0.25, 0.3) is 0 Å². The van der Waals surface area contributed by atoms with Crippen molar-refractivity contribution in [1.82, 2.24) is 24.1 Å². The van der Waals surface area contributed by atoms with Crippen LogP contribution in [0.1, 0.15) is 5.56 Å². The number of pyridine rings is 3. The summed E-state index contributed by atoms with van der Waals surface area (Å²) >= 11 is 0. The lowest BCUT2D eigenvalue weighted by Crippen LogP contribution is -2.05. The molecular weight excluding hydrogens is 492 g/mol. The molecule has 0 aliphatic heterocycles. The van der Waals surface area contributed by atoms with E-state index in [2.05, 4.69) is 68.7 Å². The van der Waals surface area contributed by atoms with Gasteiger partial charge in [0.05, 0.1) is 44.5 Å². The van der Waals surface area contributed by atoms with E-state index < -0.39 is 0 Å². The van der Waals surface area contributed by atoms with Gasteiger partial charge in [0.1, 0.15) is 11.6 Å². The molecule has 8 rings (SSSR count). The minimum atomic E-state index is 0.561. The van der Waals surface area contributed by atoms with Gasteiger partial charge in [0, 0.05) is 41.1 Å². The van der Waals surface area contributed by atoms with Gasteiger partial charge in [0.15, 0.2) is 0 Å². The van der Waals surface area contributed by atoms with Crippen LogP contribution in [0, 0.1) is 11.3 Å². The van der Waals surface area contributed by atoms with Crippen LogP contribution in [0.4, 0.5) is 0 Å². The van der Waals surface area contributed by atoms with Crippen LogP contribution in [0.5, 0.6) is 0 Å². The van der Waals surface area contributed by atoms with Crippen molar-refractivity contribution >= 4 is 43.9 Å². The summed E-state index contributed by atoms with van der Waals surface area (Å²) in [7, 11) is 0. The summed E-state index contributed by atoms with van der Waals surface area (Å²) in [5.41, 5.74) is 9.72. The molecule has 0 amide bonds. The second-order valence-corrected chi connectivity index (χ2v) is 9.69. The summed E-state index contributed by atoms with van der Waals surface area (Å²) in [6, 6.07) is 35.1. The average molecular weight is 513 g/mol. The highest BCUT2D eigenvalue weighted by Gasteiger charge is 2.22. The summed E-state index contributed by atoms with van der Waals surface area (Å²) in [4.78, 5) is 13.8. The lowest BCUT2D eigenvalue weighted by molar-refractivity contribution is 1.11. The molecule has 0 saturated heterocycles. The Morgan fingerprint density at radius 3 is 1.60 bits per heavy atom. The van der Waals surface area contributed by atoms with Gasteiger partial charge < -0.3 is 9.13 Å². The van der Waals surface area contributed by atoms with E-state index in [4.69, 9.17) is 9.97 Å². The molecule has 0 saturated carbocycles. The lowest BCUT2D eigenvalue weighted by atomic mass is 10.0. The zero-order chi connectivity index (χ0) is 26.6. The molecule has 5 aromatic heterocycles. The molecular formula is C34H20N6. The third-order valence-electron chi connectivity index (χ3n) is 7.54. The van der Waals surface area contributed by atoms with Crippen molar-refractivity contribution in [3.05, 3.63) is 127 Å². The Balaban J connectivity index is 1.57. The summed E-state index contributed by atoms with van der Waals surface area (Å²) in [6.45, 7) is 0. The molecule has 0 fully saturated rings. The minimum absolute atomic E-state index is 0.561. The molecule has 40 heavy (non-hydrogen) atoms. The first-order valence-corrected chi connectivity index (χ1v) is 13.0. The molecule has 5 heterocycles. The molecule has 0 unspecified atom stereocenters. The van der Waals surface area contributed by atoms with Crippen LogP contribution in [-0.4, -0.2) is 24.1 Å². The van der Waals surface area contributed by atoms with E-state index in [0.717, 1.165) is 66.4 Å². The molecule has 186 valence electrons. The lowest BCUT2D eigenvalue weighted by Gasteiger charge is -2.18. The maximum atomic E-state index is 10.8. The maximum absolute atomic E-state index is 10.8. The summed E-state index contributed by atoms with van der Waals surface area (Å²) in [5.74, 6) is 0. The second kappa shape index (κ2) is 8.62. The zero-order valence-corrected chi connectivity index (χ0v) is 21.2. The monoisotopic (exact) mass is 512 g/mol. The summed E-state index contributed by atoms with van der Waals surface area (Å²) in [5, 5.41) is 12.9. The van der Waals surface area contributed by atoms with Crippen LogP contribution in [0.15, 0.2) is 122 Å². The molecule has 0 spiro atoms. The van der Waals surface area contributed by atoms with Gasteiger partial charge >= 0.3 is 0 Å². The first kappa shape index (κ1) is 22.2. The number of rotatable bonds is 3. The quantitative estimate of drug-likeness (QED) is 0.244. The number of nitrogens with zero attached hydrogens (tertiary/aromatic N) is 6. The number of aromatic nitrogens is 5. The van der Waals surface area contributed by atoms with E-state index in [1.165, 1.54) is 0 Å². The molecule has 8 aromatic rings. The summed E-state index contributed by atoms with van der Waals surface area (Å²) in [6.07, 6.45) is 7.25. The Bertz CT molecular complexity index is 2040. The number of hydrogen-bond donors (Lipinski definition) is 0. The third kappa shape index (κ3) is 3.12. The predicted octanol–water partition coefficient (Wildman–Crippen LogP) is 7.60. The third-order valence-corrected chi connectivity index (χ3v) is 7.54. The molecule has 0 N–H and O–H groups in total. The van der Waals surface area contributed by atoms with Crippen molar-refractivity contribution in [2.24, 2.45) is 0 Å². The van der Waals surface area contributed by atoms with Crippen LogP contribution in [-0.2, 0) is 0 Å². The molecule has 0 atom stereocenters. The smallest absolute Gasteiger partial charge is 0.104 e. The number of fused-ring (bicyclic) bond motifs is 6. The Kier molecular flexibility index (Phi) is 4.78. The highest BCUT2D eigenvalue weighted by Crippen LogP contribution is 2.39. The van der Waals surface area contributed by atoms with Gasteiger partial charge in [-0.2, -0.15) is 5.26 Å². The van der Waals surface area contributed by atoms with Crippen molar-refractivity contribution in [3.8, 4) is 28.6 Å². The van der Waals surface area contributed by atoms with Crippen molar-refractivity contribution in [2.45, 2.75) is 0 Å². The van der Waals surface area contributed by atoms with E-state index >= 15 is 0 Å². The highest BCUT2D eigenvalue weighted by atomic mass is 15.0. The van der Waals surface area contributed by atoms with E-state index in [0.29, 0.717) is 5.56 Å². The van der Waals surface area contributed by atoms with Crippen molar-refractivity contribution < 1.29 is 0 Å². The van der Waals surface area contributed by atoms with Gasteiger partial charge in [-0.05, 0) is 60.2 Å². The number of nitriles is 1. The zero-order valence-electron chi connectivity index (χ0n) is 21.2. The SMILES string of the molecule is N#Cc1c(-n2c3ccccc3c3ncccc32)cc(-c2cccnc2)cc1-n1c2ccccc2c2ncccc21. The van der Waals surface area contributed by atoms with E-state index in [1.54, 1.807) is 6.20 Å². The topological polar surface area (TPSA) is 72.3 Å². The molecule has 3 aromatic carbocycles. The van der Waals surface area contributed by atoms with Crippen LogP contribution in [0.2, 0.25) is 0 Å². The highest BCUT2D eigenvalue weighted by molar-refractivity contribution is 6.09. The van der Waals surface area contributed by atoms with Crippen LogP contribution >= 0.6 is 0 Å². The minimum Gasteiger partial charge on any atom is -0.306 e. The molecule has 0 bridgehead atoms. The van der Waals surface area contributed by atoms with Crippen LogP contribution < -0.4 is 0 Å². The first-order valence-electron chi connectivity index (χ1n) is 13.0. The molecule has 0 aliphatic carbocycles. The van der Waals surface area contributed by atoms with Gasteiger partial charge in [0.2, 0.25) is 0 Å². The van der Waals surface area contributed by atoms with Gasteiger partial charge in [-0.1, -0.05) is 42.5 Å².